The first-order valence-corrected chi connectivity index (χ1v) is 7.71. The van der Waals surface area contributed by atoms with Crippen LogP contribution in [-0.2, 0) is 10.5 Å². The summed E-state index contributed by atoms with van der Waals surface area (Å²) in [6, 6.07) is 8.28. The molecule has 2 aromatic rings. The number of esters is 1. The lowest BCUT2D eigenvalue weighted by Gasteiger charge is -2.00. The number of thiazole rings is 1. The average molecular weight is 314 g/mol. The van der Waals surface area contributed by atoms with E-state index in [1.165, 1.54) is 29.6 Å². The zero-order chi connectivity index (χ0) is 13.8. The number of nitrogens with zero attached hydrogens (tertiary/aromatic N) is 1. The fourth-order valence-electron chi connectivity index (χ4n) is 1.51. The third kappa shape index (κ3) is 3.72. The Kier molecular flexibility index (Phi) is 4.85. The van der Waals surface area contributed by atoms with Gasteiger partial charge < -0.3 is 4.74 Å². The van der Waals surface area contributed by atoms with Gasteiger partial charge in [-0.05, 0) is 12.5 Å². The molecule has 0 saturated heterocycles. The van der Waals surface area contributed by atoms with E-state index in [0.29, 0.717) is 4.88 Å². The minimum Gasteiger partial charge on any atom is -0.465 e. The van der Waals surface area contributed by atoms with Crippen LogP contribution in [0.15, 0.2) is 28.6 Å². The Balaban J connectivity index is 2.06. The van der Waals surface area contributed by atoms with Crippen LogP contribution in [-0.4, -0.2) is 18.1 Å². The Morgan fingerprint density at radius 3 is 3.00 bits per heavy atom. The van der Waals surface area contributed by atoms with Gasteiger partial charge in [0.1, 0.15) is 0 Å². The van der Waals surface area contributed by atoms with Crippen molar-refractivity contribution in [2.75, 3.05) is 7.11 Å². The molecule has 0 N–H and O–H groups in total. The minimum atomic E-state index is -0.440. The van der Waals surface area contributed by atoms with Gasteiger partial charge in [-0.1, -0.05) is 64.5 Å². The number of methoxy groups -OCH3 is 1. The first-order chi connectivity index (χ1) is 9.10. The molecule has 0 saturated carbocycles. The zero-order valence-electron chi connectivity index (χ0n) is 10.5. The van der Waals surface area contributed by atoms with E-state index in [4.69, 9.17) is 11.6 Å². The zero-order valence-corrected chi connectivity index (χ0v) is 12.9. The Labute approximate surface area is 125 Å². The molecule has 0 unspecified atom stereocenters. The van der Waals surface area contributed by atoms with E-state index < -0.39 is 5.97 Å². The van der Waals surface area contributed by atoms with Crippen molar-refractivity contribution >= 4 is 40.7 Å². The molecule has 0 fully saturated rings. The van der Waals surface area contributed by atoms with E-state index in [0.717, 1.165) is 10.1 Å². The number of benzene rings is 1. The van der Waals surface area contributed by atoms with Crippen molar-refractivity contribution in [1.82, 2.24) is 4.98 Å². The SMILES string of the molecule is COC(=O)c1sc(SCc2cccc(C)c2)nc1Cl. The fourth-order valence-corrected chi connectivity index (χ4v) is 3.78. The number of halogens is 1. The van der Waals surface area contributed by atoms with Gasteiger partial charge in [0, 0.05) is 5.75 Å². The number of carbonyl (C=O) groups excluding carboxylic acids is 1. The molecule has 1 aromatic heterocycles. The van der Waals surface area contributed by atoms with E-state index >= 15 is 0 Å². The Morgan fingerprint density at radius 1 is 1.53 bits per heavy atom. The first kappa shape index (κ1) is 14.4. The molecule has 0 aliphatic heterocycles. The number of aryl methyl sites for hydroxylation is 1. The number of ether oxygens (including phenoxy) is 1. The van der Waals surface area contributed by atoms with Crippen molar-refractivity contribution in [3.63, 3.8) is 0 Å². The standard InChI is InChI=1S/C13H12ClNO2S2/c1-8-4-3-5-9(6-8)7-18-13-15-11(14)10(19-13)12(16)17-2/h3-6H,7H2,1-2H3. The fraction of sp³-hybridized carbons (Fsp3) is 0.231. The van der Waals surface area contributed by atoms with Crippen molar-refractivity contribution in [1.29, 1.82) is 0 Å². The normalized spacial score (nSPS) is 10.5. The molecule has 6 heteroatoms. The predicted molar refractivity (Wildman–Crippen MR) is 79.2 cm³/mol. The van der Waals surface area contributed by atoms with Crippen molar-refractivity contribution in [2.24, 2.45) is 0 Å². The van der Waals surface area contributed by atoms with Crippen LogP contribution in [0.5, 0.6) is 0 Å². The van der Waals surface area contributed by atoms with Gasteiger partial charge in [-0.25, -0.2) is 9.78 Å². The van der Waals surface area contributed by atoms with Crippen LogP contribution in [0.1, 0.15) is 20.8 Å². The monoisotopic (exact) mass is 313 g/mol. The molecule has 19 heavy (non-hydrogen) atoms. The van der Waals surface area contributed by atoms with E-state index in [1.807, 2.05) is 6.07 Å². The number of hydrogen-bond donors (Lipinski definition) is 0. The highest BCUT2D eigenvalue weighted by atomic mass is 35.5. The maximum atomic E-state index is 11.4. The van der Waals surface area contributed by atoms with Gasteiger partial charge in [0.05, 0.1) is 7.11 Å². The van der Waals surface area contributed by atoms with Gasteiger partial charge >= 0.3 is 5.97 Å². The van der Waals surface area contributed by atoms with Crippen molar-refractivity contribution in [2.45, 2.75) is 17.0 Å². The summed E-state index contributed by atoms with van der Waals surface area (Å²) in [5, 5.41) is 0.212. The highest BCUT2D eigenvalue weighted by Crippen LogP contribution is 2.32. The van der Waals surface area contributed by atoms with Gasteiger partial charge in [0.15, 0.2) is 14.4 Å². The predicted octanol–water partition coefficient (Wildman–Crippen LogP) is 4.18. The van der Waals surface area contributed by atoms with E-state index in [1.54, 1.807) is 11.8 Å². The maximum Gasteiger partial charge on any atom is 0.351 e. The Hall–Kier alpha value is -1.04. The molecule has 2 rings (SSSR count). The summed E-state index contributed by atoms with van der Waals surface area (Å²) in [6.45, 7) is 2.06. The van der Waals surface area contributed by atoms with E-state index in [-0.39, 0.29) is 5.15 Å². The third-order valence-electron chi connectivity index (χ3n) is 2.38. The van der Waals surface area contributed by atoms with Crippen molar-refractivity contribution in [3.05, 3.63) is 45.4 Å². The first-order valence-electron chi connectivity index (χ1n) is 5.53. The van der Waals surface area contributed by atoms with Gasteiger partial charge in [0.25, 0.3) is 0 Å². The molecule has 0 atom stereocenters. The molecular formula is C13H12ClNO2S2. The maximum absolute atomic E-state index is 11.4. The summed E-state index contributed by atoms with van der Waals surface area (Å²) in [5.41, 5.74) is 2.45. The molecule has 0 radical (unpaired) electrons. The molecule has 100 valence electrons. The minimum absolute atomic E-state index is 0.212. The summed E-state index contributed by atoms with van der Waals surface area (Å²) in [5.74, 6) is 0.358. The van der Waals surface area contributed by atoms with Gasteiger partial charge in [-0.3, -0.25) is 0 Å². The molecule has 0 aliphatic rings. The lowest BCUT2D eigenvalue weighted by Crippen LogP contribution is -1.98. The molecule has 0 bridgehead atoms. The second kappa shape index (κ2) is 6.41. The molecule has 1 aromatic carbocycles. The number of thioether (sulfide) groups is 1. The molecule has 0 aliphatic carbocycles. The summed E-state index contributed by atoms with van der Waals surface area (Å²) >= 11 is 8.73. The average Bonchev–Trinajstić information content (AvgIpc) is 2.77. The molecule has 1 heterocycles. The Bertz CT molecular complexity index is 598. The molecule has 0 spiro atoms. The Morgan fingerprint density at radius 2 is 2.32 bits per heavy atom. The lowest BCUT2D eigenvalue weighted by atomic mass is 10.2. The van der Waals surface area contributed by atoms with Crippen LogP contribution in [0.2, 0.25) is 5.15 Å². The lowest BCUT2D eigenvalue weighted by molar-refractivity contribution is 0.0606. The number of hydrogen-bond acceptors (Lipinski definition) is 5. The molecule has 0 amide bonds. The number of aromatic nitrogens is 1. The second-order valence-electron chi connectivity index (χ2n) is 3.87. The van der Waals surface area contributed by atoms with E-state index in [9.17, 15) is 4.79 Å². The highest BCUT2D eigenvalue weighted by Gasteiger charge is 2.17. The number of rotatable bonds is 4. The summed E-state index contributed by atoms with van der Waals surface area (Å²) in [4.78, 5) is 15.9. The summed E-state index contributed by atoms with van der Waals surface area (Å²) in [6.07, 6.45) is 0. The van der Waals surface area contributed by atoms with Gasteiger partial charge in [-0.2, -0.15) is 0 Å². The van der Waals surface area contributed by atoms with Crippen LogP contribution >= 0.6 is 34.7 Å². The quantitative estimate of drug-likeness (QED) is 0.627. The van der Waals surface area contributed by atoms with Gasteiger partial charge in [-0.15, -0.1) is 0 Å². The topological polar surface area (TPSA) is 39.2 Å². The summed E-state index contributed by atoms with van der Waals surface area (Å²) < 4.78 is 5.42. The number of carbonyl (C=O) groups is 1. The van der Waals surface area contributed by atoms with Crippen molar-refractivity contribution in [3.8, 4) is 0 Å². The molecule has 3 nitrogen and oxygen atoms in total. The van der Waals surface area contributed by atoms with Crippen molar-refractivity contribution < 1.29 is 9.53 Å². The van der Waals surface area contributed by atoms with Crippen LogP contribution in [0, 0.1) is 6.92 Å². The smallest absolute Gasteiger partial charge is 0.351 e. The van der Waals surface area contributed by atoms with Crippen LogP contribution in [0.25, 0.3) is 0 Å². The third-order valence-corrected chi connectivity index (χ3v) is 5.02. The molecular weight excluding hydrogens is 302 g/mol. The van der Waals surface area contributed by atoms with Gasteiger partial charge in [0.2, 0.25) is 0 Å². The second-order valence-corrected chi connectivity index (χ2v) is 6.45. The van der Waals surface area contributed by atoms with Crippen LogP contribution in [0.3, 0.4) is 0 Å². The van der Waals surface area contributed by atoms with Crippen LogP contribution in [0.4, 0.5) is 0 Å². The largest absolute Gasteiger partial charge is 0.465 e. The van der Waals surface area contributed by atoms with Crippen LogP contribution < -0.4 is 0 Å². The highest BCUT2D eigenvalue weighted by molar-refractivity contribution is 8.00. The van der Waals surface area contributed by atoms with E-state index in [2.05, 4.69) is 34.8 Å². The summed E-state index contributed by atoms with van der Waals surface area (Å²) in [7, 11) is 1.33.